The van der Waals surface area contributed by atoms with Crippen molar-refractivity contribution in [1.29, 1.82) is 0 Å². The second kappa shape index (κ2) is 8.74. The van der Waals surface area contributed by atoms with Gasteiger partial charge in [0.25, 0.3) is 15.2 Å². The maximum atomic E-state index is 13.4. The summed E-state index contributed by atoms with van der Waals surface area (Å²) < 4.78 is 54.2. The Hall–Kier alpha value is -1.82. The van der Waals surface area contributed by atoms with Crippen LogP contribution in [0.15, 0.2) is 35.7 Å². The van der Waals surface area contributed by atoms with E-state index in [9.17, 15) is 16.8 Å². The van der Waals surface area contributed by atoms with Gasteiger partial charge in [0.05, 0.1) is 0 Å². The zero-order valence-electron chi connectivity index (χ0n) is 17.8. The normalized spacial score (nSPS) is 16.2. The van der Waals surface area contributed by atoms with Crippen LogP contribution in [0, 0.1) is 0 Å². The summed E-state index contributed by atoms with van der Waals surface area (Å²) in [6.07, 6.45) is 4.37. The summed E-state index contributed by atoms with van der Waals surface area (Å²) in [5.41, 5.74) is 2.05. The number of sulfonamides is 1. The molecule has 2 aromatic rings. The Balaban J connectivity index is 1.94. The summed E-state index contributed by atoms with van der Waals surface area (Å²) in [7, 11) is -5.32. The fourth-order valence-corrected chi connectivity index (χ4v) is 5.76. The number of aromatic nitrogens is 3. The van der Waals surface area contributed by atoms with Crippen molar-refractivity contribution in [3.8, 4) is 0 Å². The molecule has 0 bridgehead atoms. The van der Waals surface area contributed by atoms with Crippen molar-refractivity contribution in [2.75, 3.05) is 14.1 Å². The average molecular weight is 456 g/mol. The van der Waals surface area contributed by atoms with Gasteiger partial charge < -0.3 is 0 Å². The quantitative estimate of drug-likeness (QED) is 0.604. The molecule has 1 aromatic carbocycles. The molecule has 1 heterocycles. The Bertz CT molecular complexity index is 1070. The number of nitrogens with zero attached hydrogens (tertiary/aromatic N) is 5. The van der Waals surface area contributed by atoms with Crippen molar-refractivity contribution < 1.29 is 16.8 Å². The van der Waals surface area contributed by atoms with Crippen molar-refractivity contribution in [3.05, 3.63) is 41.7 Å². The summed E-state index contributed by atoms with van der Waals surface area (Å²) in [6.45, 7) is 4.41. The summed E-state index contributed by atoms with van der Waals surface area (Å²) in [6, 6.07) is 7.74. The van der Waals surface area contributed by atoms with Crippen LogP contribution in [0.3, 0.4) is 0 Å². The maximum absolute atomic E-state index is 13.4. The van der Waals surface area contributed by atoms with Crippen LogP contribution in [0.25, 0.3) is 0 Å². The van der Waals surface area contributed by atoms with Crippen molar-refractivity contribution in [1.82, 2.24) is 22.8 Å². The minimum atomic E-state index is -4.07. The molecule has 0 spiro atoms. The molecule has 9 nitrogen and oxygen atoms in total. The lowest BCUT2D eigenvalue weighted by atomic mass is 10.0. The van der Waals surface area contributed by atoms with Gasteiger partial charge in [-0.1, -0.05) is 51.0 Å². The van der Waals surface area contributed by atoms with E-state index < -0.39 is 25.4 Å². The Morgan fingerprint density at radius 1 is 1.07 bits per heavy atom. The monoisotopic (exact) mass is 455 g/mol. The number of hydrogen-bond acceptors (Lipinski definition) is 6. The van der Waals surface area contributed by atoms with Gasteiger partial charge >= 0.3 is 10.2 Å². The molecule has 0 amide bonds. The van der Waals surface area contributed by atoms with Crippen LogP contribution in [0.4, 0.5) is 0 Å². The molecular formula is C19H29N5O4S2. The maximum Gasteiger partial charge on any atom is 0.323 e. The highest BCUT2D eigenvalue weighted by Crippen LogP contribution is 2.29. The largest absolute Gasteiger partial charge is 0.323 e. The zero-order chi connectivity index (χ0) is 22.1. The molecule has 1 fully saturated rings. The van der Waals surface area contributed by atoms with Crippen LogP contribution in [0.2, 0.25) is 0 Å². The Morgan fingerprint density at radius 2 is 1.67 bits per heavy atom. The minimum Gasteiger partial charge on any atom is -0.203 e. The predicted molar refractivity (Wildman–Crippen MR) is 114 cm³/mol. The topological polar surface area (TPSA) is 105 Å². The number of hydrogen-bond donors (Lipinski definition) is 0. The Kier molecular flexibility index (Phi) is 6.66. The molecule has 30 heavy (non-hydrogen) atoms. The van der Waals surface area contributed by atoms with Gasteiger partial charge in [0.15, 0.2) is 0 Å². The second-order valence-corrected chi connectivity index (χ2v) is 11.9. The lowest BCUT2D eigenvalue weighted by Crippen LogP contribution is -2.39. The first kappa shape index (κ1) is 22.9. The molecule has 0 saturated heterocycles. The molecule has 1 aliphatic rings. The zero-order valence-corrected chi connectivity index (χ0v) is 19.4. The van der Waals surface area contributed by atoms with Gasteiger partial charge in [-0.2, -0.15) is 17.0 Å². The second-order valence-electron chi connectivity index (χ2n) is 8.07. The van der Waals surface area contributed by atoms with Crippen molar-refractivity contribution in [3.63, 3.8) is 0 Å². The van der Waals surface area contributed by atoms with E-state index in [1.54, 1.807) is 0 Å². The summed E-state index contributed by atoms with van der Waals surface area (Å²) in [5.74, 6) is 0.389. The molecule has 3 rings (SSSR count). The third-order valence-corrected chi connectivity index (χ3v) is 8.67. The molecule has 1 saturated carbocycles. The van der Waals surface area contributed by atoms with E-state index in [0.717, 1.165) is 41.9 Å². The van der Waals surface area contributed by atoms with Gasteiger partial charge in [-0.3, -0.25) is 0 Å². The fourth-order valence-electron chi connectivity index (χ4n) is 3.53. The van der Waals surface area contributed by atoms with E-state index in [4.69, 9.17) is 0 Å². The van der Waals surface area contributed by atoms with E-state index in [0.29, 0.717) is 10.0 Å². The molecule has 0 radical (unpaired) electrons. The fraction of sp³-hybridized carbons (Fsp3) is 0.579. The predicted octanol–water partition coefficient (Wildman–Crippen LogP) is 2.19. The first-order chi connectivity index (χ1) is 14.0. The van der Waals surface area contributed by atoms with E-state index in [1.807, 2.05) is 24.3 Å². The highest BCUT2D eigenvalue weighted by atomic mass is 32.2. The van der Waals surface area contributed by atoms with Crippen LogP contribution in [-0.2, 0) is 26.8 Å². The minimum absolute atomic E-state index is 0.155. The highest BCUT2D eigenvalue weighted by molar-refractivity contribution is 7.89. The van der Waals surface area contributed by atoms with Gasteiger partial charge in [-0.15, -0.1) is 9.19 Å². The van der Waals surface area contributed by atoms with Crippen molar-refractivity contribution in [2.45, 2.75) is 63.2 Å². The van der Waals surface area contributed by atoms with Crippen LogP contribution >= 0.6 is 0 Å². The molecule has 11 heteroatoms. The molecule has 0 aliphatic heterocycles. The van der Waals surface area contributed by atoms with Crippen molar-refractivity contribution >= 4 is 20.2 Å². The van der Waals surface area contributed by atoms with E-state index >= 15 is 0 Å². The van der Waals surface area contributed by atoms with Gasteiger partial charge in [0.2, 0.25) is 0 Å². The summed E-state index contributed by atoms with van der Waals surface area (Å²) in [5, 5.41) is 3.29. The lowest BCUT2D eigenvalue weighted by molar-refractivity contribution is 0.313. The number of rotatable bonds is 8. The standard InChI is InChI=1S/C19H29N5O4S2/c1-15(2)17-11-9-16(10-12-17)13-23(18-7-5-6-8-18)29(25,26)19-20-14-24(21-19)30(27,28)22(3)4/h9-12,14-15,18H,5-8,13H2,1-4H3. The molecular weight excluding hydrogens is 426 g/mol. The molecule has 166 valence electrons. The Morgan fingerprint density at radius 3 is 2.20 bits per heavy atom. The van der Waals surface area contributed by atoms with Gasteiger partial charge in [0, 0.05) is 26.7 Å². The van der Waals surface area contributed by atoms with Crippen molar-refractivity contribution in [2.24, 2.45) is 0 Å². The van der Waals surface area contributed by atoms with Crippen LogP contribution in [0.5, 0.6) is 0 Å². The van der Waals surface area contributed by atoms with E-state index in [2.05, 4.69) is 23.9 Å². The lowest BCUT2D eigenvalue weighted by Gasteiger charge is -2.27. The smallest absolute Gasteiger partial charge is 0.203 e. The molecule has 0 N–H and O–H groups in total. The Labute approximate surface area is 179 Å². The highest BCUT2D eigenvalue weighted by Gasteiger charge is 2.36. The number of benzene rings is 1. The molecule has 1 aliphatic carbocycles. The molecule has 1 aromatic heterocycles. The first-order valence-corrected chi connectivity index (χ1v) is 12.8. The van der Waals surface area contributed by atoms with Gasteiger partial charge in [0.1, 0.15) is 6.33 Å². The van der Waals surface area contributed by atoms with Gasteiger partial charge in [-0.05, 0) is 29.9 Å². The first-order valence-electron chi connectivity index (χ1n) is 9.99. The molecule has 0 unspecified atom stereocenters. The van der Waals surface area contributed by atoms with E-state index in [-0.39, 0.29) is 12.6 Å². The van der Waals surface area contributed by atoms with Crippen LogP contribution in [0.1, 0.15) is 56.6 Å². The molecule has 0 atom stereocenters. The third kappa shape index (κ3) is 4.58. The van der Waals surface area contributed by atoms with Gasteiger partial charge in [-0.25, -0.2) is 13.4 Å². The third-order valence-electron chi connectivity index (χ3n) is 5.41. The SMILES string of the molecule is CC(C)c1ccc(CN(C2CCCC2)S(=O)(=O)c2ncn(S(=O)(=O)N(C)C)n2)cc1. The average Bonchev–Trinajstić information content (AvgIpc) is 3.38. The summed E-state index contributed by atoms with van der Waals surface area (Å²) in [4.78, 5) is 3.82. The van der Waals surface area contributed by atoms with Crippen LogP contribution < -0.4 is 0 Å². The van der Waals surface area contributed by atoms with E-state index in [1.165, 1.54) is 24.0 Å². The van der Waals surface area contributed by atoms with Crippen LogP contribution in [-0.4, -0.2) is 59.8 Å². The summed E-state index contributed by atoms with van der Waals surface area (Å²) >= 11 is 0.